The van der Waals surface area contributed by atoms with Crippen LogP contribution >= 0.6 is 0 Å². The largest absolute Gasteiger partial charge is 0.465 e. The van der Waals surface area contributed by atoms with Crippen LogP contribution in [0.1, 0.15) is 16.8 Å². The van der Waals surface area contributed by atoms with Gasteiger partial charge in [-0.25, -0.2) is 13.2 Å². The molecule has 2 rings (SSSR count). The van der Waals surface area contributed by atoms with Crippen LogP contribution < -0.4 is 0 Å². The van der Waals surface area contributed by atoms with Gasteiger partial charge in [-0.1, -0.05) is 12.1 Å². The standard InChI is InChI=1S/C13H17NO5S/c1-19-13(16)11-4-2-3-5-12(11)20(17,18)14-7-6-10(8-14)9-15/h2-5,10,15H,6-9H2,1H3. The molecule has 1 aromatic rings. The van der Waals surface area contributed by atoms with Crippen LogP contribution in [0.25, 0.3) is 0 Å². The van der Waals surface area contributed by atoms with Gasteiger partial charge in [-0.2, -0.15) is 4.31 Å². The predicted molar refractivity (Wildman–Crippen MR) is 71.7 cm³/mol. The van der Waals surface area contributed by atoms with Gasteiger partial charge in [-0.05, 0) is 24.5 Å². The lowest BCUT2D eigenvalue weighted by atomic mass is 10.1. The van der Waals surface area contributed by atoms with Crippen molar-refractivity contribution in [2.24, 2.45) is 5.92 Å². The number of aliphatic hydroxyl groups is 1. The summed E-state index contributed by atoms with van der Waals surface area (Å²) in [5, 5.41) is 9.11. The normalized spacial score (nSPS) is 20.0. The highest BCUT2D eigenvalue weighted by Crippen LogP contribution is 2.26. The van der Waals surface area contributed by atoms with E-state index in [9.17, 15) is 13.2 Å². The molecule has 0 radical (unpaired) electrons. The van der Waals surface area contributed by atoms with Crippen LogP contribution in [0.4, 0.5) is 0 Å². The summed E-state index contributed by atoms with van der Waals surface area (Å²) in [4.78, 5) is 11.6. The van der Waals surface area contributed by atoms with E-state index in [-0.39, 0.29) is 29.5 Å². The molecule has 1 aliphatic rings. The predicted octanol–water partition coefficient (Wildman–Crippen LogP) is 0.476. The second kappa shape index (κ2) is 5.90. The number of ether oxygens (including phenoxy) is 1. The summed E-state index contributed by atoms with van der Waals surface area (Å²) in [6, 6.07) is 5.98. The molecule has 1 aliphatic heterocycles. The molecule has 110 valence electrons. The molecule has 1 aromatic carbocycles. The second-order valence-corrected chi connectivity index (χ2v) is 6.59. The maximum atomic E-state index is 12.6. The topological polar surface area (TPSA) is 83.9 Å². The Hall–Kier alpha value is -1.44. The Morgan fingerprint density at radius 2 is 2.15 bits per heavy atom. The van der Waals surface area contributed by atoms with Crippen LogP contribution in [0.5, 0.6) is 0 Å². The van der Waals surface area contributed by atoms with E-state index in [1.807, 2.05) is 0 Å². The number of hydrogen-bond acceptors (Lipinski definition) is 5. The molecule has 0 saturated carbocycles. The van der Waals surface area contributed by atoms with Crippen LogP contribution in [0, 0.1) is 5.92 Å². The maximum Gasteiger partial charge on any atom is 0.339 e. The molecule has 1 heterocycles. The molecule has 1 N–H and O–H groups in total. The molecule has 1 fully saturated rings. The van der Waals surface area contributed by atoms with Gasteiger partial charge in [-0.3, -0.25) is 0 Å². The highest BCUT2D eigenvalue weighted by atomic mass is 32.2. The van der Waals surface area contributed by atoms with Gasteiger partial charge in [0.1, 0.15) is 0 Å². The summed E-state index contributed by atoms with van der Waals surface area (Å²) in [7, 11) is -2.53. The lowest BCUT2D eigenvalue weighted by molar-refractivity contribution is 0.0596. The summed E-state index contributed by atoms with van der Waals surface area (Å²) in [6.07, 6.45) is 0.621. The van der Waals surface area contributed by atoms with E-state index in [4.69, 9.17) is 5.11 Å². The van der Waals surface area contributed by atoms with Gasteiger partial charge in [-0.15, -0.1) is 0 Å². The van der Waals surface area contributed by atoms with E-state index in [0.29, 0.717) is 13.0 Å². The monoisotopic (exact) mass is 299 g/mol. The van der Waals surface area contributed by atoms with Crippen molar-refractivity contribution in [2.75, 3.05) is 26.8 Å². The molecule has 1 unspecified atom stereocenters. The highest BCUT2D eigenvalue weighted by Gasteiger charge is 2.34. The molecule has 1 saturated heterocycles. The average molecular weight is 299 g/mol. The Kier molecular flexibility index (Phi) is 4.42. The van der Waals surface area contributed by atoms with Gasteiger partial charge in [0, 0.05) is 19.7 Å². The molecular formula is C13H17NO5S. The first-order valence-electron chi connectivity index (χ1n) is 6.29. The van der Waals surface area contributed by atoms with E-state index in [1.54, 1.807) is 12.1 Å². The van der Waals surface area contributed by atoms with Crippen LogP contribution in [-0.4, -0.2) is 50.6 Å². The molecule has 20 heavy (non-hydrogen) atoms. The molecule has 6 nitrogen and oxygen atoms in total. The second-order valence-electron chi connectivity index (χ2n) is 4.69. The number of hydrogen-bond donors (Lipinski definition) is 1. The SMILES string of the molecule is COC(=O)c1ccccc1S(=O)(=O)N1CCC(CO)C1. The van der Waals surface area contributed by atoms with Crippen molar-refractivity contribution in [1.82, 2.24) is 4.31 Å². The van der Waals surface area contributed by atoms with Crippen molar-refractivity contribution >= 4 is 16.0 Å². The van der Waals surface area contributed by atoms with Gasteiger partial charge >= 0.3 is 5.97 Å². The Balaban J connectivity index is 2.38. The minimum absolute atomic E-state index is 0.0300. The third kappa shape index (κ3) is 2.70. The molecule has 0 aliphatic carbocycles. The van der Waals surface area contributed by atoms with Gasteiger partial charge in [0.15, 0.2) is 0 Å². The van der Waals surface area contributed by atoms with Gasteiger partial charge in [0.05, 0.1) is 17.6 Å². The van der Waals surface area contributed by atoms with Crippen molar-refractivity contribution in [3.05, 3.63) is 29.8 Å². The Bertz CT molecular complexity index is 599. The van der Waals surface area contributed by atoms with Crippen molar-refractivity contribution in [3.8, 4) is 0 Å². The van der Waals surface area contributed by atoms with E-state index in [0.717, 1.165) is 0 Å². The quantitative estimate of drug-likeness (QED) is 0.817. The number of rotatable bonds is 4. The lowest BCUT2D eigenvalue weighted by Gasteiger charge is -2.18. The lowest BCUT2D eigenvalue weighted by Crippen LogP contribution is -2.30. The van der Waals surface area contributed by atoms with E-state index >= 15 is 0 Å². The van der Waals surface area contributed by atoms with Crippen LogP contribution in [-0.2, 0) is 14.8 Å². The third-order valence-corrected chi connectivity index (χ3v) is 5.34. The molecule has 0 amide bonds. The number of benzene rings is 1. The molecule has 0 spiro atoms. The summed E-state index contributed by atoms with van der Waals surface area (Å²) >= 11 is 0. The van der Waals surface area contributed by atoms with E-state index in [1.165, 1.54) is 23.5 Å². The van der Waals surface area contributed by atoms with E-state index in [2.05, 4.69) is 4.74 Å². The molecule has 0 bridgehead atoms. The number of esters is 1. The summed E-state index contributed by atoms with van der Waals surface area (Å²) in [5.74, 6) is -0.725. The highest BCUT2D eigenvalue weighted by molar-refractivity contribution is 7.89. The van der Waals surface area contributed by atoms with Crippen LogP contribution in [0.3, 0.4) is 0 Å². The smallest absolute Gasteiger partial charge is 0.339 e. The summed E-state index contributed by atoms with van der Waals surface area (Å²) < 4.78 is 31.1. The number of sulfonamides is 1. The molecule has 1 atom stereocenters. The zero-order valence-corrected chi connectivity index (χ0v) is 12.0. The number of aliphatic hydroxyl groups excluding tert-OH is 1. The zero-order chi connectivity index (χ0) is 14.8. The van der Waals surface area contributed by atoms with Crippen LogP contribution in [0.2, 0.25) is 0 Å². The van der Waals surface area contributed by atoms with Crippen molar-refractivity contribution < 1.29 is 23.1 Å². The molecule has 0 aromatic heterocycles. The van der Waals surface area contributed by atoms with Crippen molar-refractivity contribution in [1.29, 1.82) is 0 Å². The minimum Gasteiger partial charge on any atom is -0.465 e. The fourth-order valence-electron chi connectivity index (χ4n) is 2.27. The minimum atomic E-state index is -3.75. The number of carbonyl (C=O) groups is 1. The Morgan fingerprint density at radius 1 is 1.45 bits per heavy atom. The molecular weight excluding hydrogens is 282 g/mol. The third-order valence-electron chi connectivity index (χ3n) is 3.42. The first-order chi connectivity index (χ1) is 9.50. The Labute approximate surface area is 118 Å². The zero-order valence-electron chi connectivity index (χ0n) is 11.2. The van der Waals surface area contributed by atoms with Crippen LogP contribution in [0.15, 0.2) is 29.2 Å². The van der Waals surface area contributed by atoms with Gasteiger partial charge in [0.25, 0.3) is 0 Å². The van der Waals surface area contributed by atoms with Gasteiger partial charge in [0.2, 0.25) is 10.0 Å². The summed E-state index contributed by atoms with van der Waals surface area (Å²) in [5.41, 5.74) is 0.0300. The Morgan fingerprint density at radius 3 is 2.75 bits per heavy atom. The maximum absolute atomic E-state index is 12.6. The van der Waals surface area contributed by atoms with E-state index < -0.39 is 16.0 Å². The fraction of sp³-hybridized carbons (Fsp3) is 0.462. The van der Waals surface area contributed by atoms with Gasteiger partial charge < -0.3 is 9.84 Å². The van der Waals surface area contributed by atoms with Crippen molar-refractivity contribution in [3.63, 3.8) is 0 Å². The average Bonchev–Trinajstić information content (AvgIpc) is 2.96. The number of nitrogens with zero attached hydrogens (tertiary/aromatic N) is 1. The molecule has 7 heteroatoms. The number of carbonyl (C=O) groups excluding carboxylic acids is 1. The number of methoxy groups -OCH3 is 1. The first kappa shape index (κ1) is 15.0. The first-order valence-corrected chi connectivity index (χ1v) is 7.73. The van der Waals surface area contributed by atoms with Crippen molar-refractivity contribution in [2.45, 2.75) is 11.3 Å². The summed E-state index contributed by atoms with van der Waals surface area (Å²) in [6.45, 7) is 0.585. The fourth-order valence-corrected chi connectivity index (χ4v) is 3.98.